The highest BCUT2D eigenvalue weighted by Gasteiger charge is 2.30. The van der Waals surface area contributed by atoms with Crippen LogP contribution >= 0.6 is 11.3 Å². The van der Waals surface area contributed by atoms with Crippen molar-refractivity contribution in [2.45, 2.75) is 34.1 Å². The zero-order valence-electron chi connectivity index (χ0n) is 19.9. The smallest absolute Gasteiger partial charge is 0.264 e. The molecule has 0 radical (unpaired) electrons. The number of piperidine rings is 1. The third-order valence-electron chi connectivity index (χ3n) is 6.79. The van der Waals surface area contributed by atoms with Crippen LogP contribution < -0.4 is 9.80 Å². The number of amides is 1. The topological polar surface area (TPSA) is 65.5 Å². The summed E-state index contributed by atoms with van der Waals surface area (Å²) in [5, 5.41) is 1.04. The highest BCUT2D eigenvalue weighted by atomic mass is 32.1. The van der Waals surface area contributed by atoms with E-state index in [0.29, 0.717) is 11.8 Å². The fourth-order valence-electron chi connectivity index (χ4n) is 5.31. The van der Waals surface area contributed by atoms with E-state index in [9.17, 15) is 4.79 Å². The van der Waals surface area contributed by atoms with Crippen molar-refractivity contribution >= 4 is 39.1 Å². The fraction of sp³-hybridized carbons (Fsp3) is 0.520. The van der Waals surface area contributed by atoms with Crippen LogP contribution in [0.5, 0.6) is 0 Å². The quantitative estimate of drug-likeness (QED) is 0.580. The molecule has 0 bridgehead atoms. The fourth-order valence-corrected chi connectivity index (χ4v) is 6.50. The summed E-state index contributed by atoms with van der Waals surface area (Å²) in [7, 11) is 0. The van der Waals surface area contributed by atoms with Crippen molar-refractivity contribution in [2.75, 3.05) is 49.1 Å². The summed E-state index contributed by atoms with van der Waals surface area (Å²) < 4.78 is 0. The molecule has 5 heterocycles. The Balaban J connectivity index is 1.43. The summed E-state index contributed by atoms with van der Waals surface area (Å²) in [4.78, 5) is 36.0. The molecule has 7 nitrogen and oxygen atoms in total. The second-order valence-corrected chi connectivity index (χ2v) is 10.6. The average molecular weight is 465 g/mol. The number of anilines is 2. The number of likely N-dealkylation sites (tertiary alicyclic amines) is 1. The van der Waals surface area contributed by atoms with Gasteiger partial charge in [0.15, 0.2) is 0 Å². The van der Waals surface area contributed by atoms with Gasteiger partial charge >= 0.3 is 0 Å². The number of nitrogens with zero attached hydrogens (tertiary/aromatic N) is 6. The molecule has 2 aliphatic heterocycles. The molecule has 1 amide bonds. The van der Waals surface area contributed by atoms with Crippen molar-refractivity contribution in [1.82, 2.24) is 19.9 Å². The second kappa shape index (κ2) is 8.89. The number of carbonyl (C=O) groups is 1. The maximum atomic E-state index is 13.5. The molecule has 174 valence electrons. The predicted octanol–water partition coefficient (Wildman–Crippen LogP) is 4.15. The Morgan fingerprint density at radius 3 is 2.36 bits per heavy atom. The van der Waals surface area contributed by atoms with Gasteiger partial charge in [0.1, 0.15) is 22.3 Å². The van der Waals surface area contributed by atoms with Crippen LogP contribution in [0.25, 0.3) is 10.2 Å². The molecule has 0 aliphatic carbocycles. The van der Waals surface area contributed by atoms with Crippen LogP contribution in [0.1, 0.15) is 41.3 Å². The van der Waals surface area contributed by atoms with Gasteiger partial charge in [-0.05, 0) is 49.8 Å². The number of aromatic nitrogens is 3. The third kappa shape index (κ3) is 4.28. The van der Waals surface area contributed by atoms with Crippen LogP contribution in [0.4, 0.5) is 11.6 Å². The maximum absolute atomic E-state index is 13.5. The second-order valence-electron chi connectivity index (χ2n) is 9.65. The lowest BCUT2D eigenvalue weighted by molar-refractivity contribution is 0.0627. The van der Waals surface area contributed by atoms with E-state index in [4.69, 9.17) is 9.97 Å². The van der Waals surface area contributed by atoms with Crippen molar-refractivity contribution in [3.8, 4) is 0 Å². The molecular formula is C25H32N6OS. The van der Waals surface area contributed by atoms with E-state index < -0.39 is 0 Å². The highest BCUT2D eigenvalue weighted by Crippen LogP contribution is 2.37. The van der Waals surface area contributed by atoms with E-state index in [2.05, 4.69) is 41.6 Å². The van der Waals surface area contributed by atoms with Gasteiger partial charge in [0.05, 0.1) is 10.3 Å². The first kappa shape index (κ1) is 22.1. The van der Waals surface area contributed by atoms with Gasteiger partial charge in [0.2, 0.25) is 0 Å². The van der Waals surface area contributed by atoms with Gasteiger partial charge in [0.25, 0.3) is 5.91 Å². The molecule has 0 aromatic carbocycles. The number of rotatable bonds is 3. The molecule has 2 aliphatic rings. The minimum Gasteiger partial charge on any atom is -0.353 e. The molecule has 3 aromatic rings. The molecule has 0 saturated carbocycles. The molecule has 2 atom stereocenters. The number of hydrogen-bond acceptors (Lipinski definition) is 7. The number of hydrogen-bond donors (Lipinski definition) is 0. The van der Waals surface area contributed by atoms with E-state index in [1.165, 1.54) is 17.8 Å². The number of piperazine rings is 1. The minimum atomic E-state index is 0.150. The Morgan fingerprint density at radius 2 is 1.70 bits per heavy atom. The standard InChI is InChI=1S/C25H32N6OS/c1-16-13-17(2)15-31(14-16)25(32)22-18(3)21-23(27-19(4)28-24(21)33-22)30-11-9-29(10-12-30)20-7-5-6-8-26-20/h5-8,16-17H,9-15H2,1-4H3/t16-,17-/m1/s1. The SMILES string of the molecule is Cc1nc(N2CCN(c3ccccn3)CC2)c2c(C)c(C(=O)N3C[C@H](C)C[C@@H](C)C3)sc2n1. The van der Waals surface area contributed by atoms with Gasteiger partial charge in [-0.1, -0.05) is 19.9 Å². The minimum absolute atomic E-state index is 0.150. The summed E-state index contributed by atoms with van der Waals surface area (Å²) >= 11 is 1.53. The number of thiophene rings is 1. The van der Waals surface area contributed by atoms with E-state index in [1.54, 1.807) is 0 Å². The molecule has 5 rings (SSSR count). The maximum Gasteiger partial charge on any atom is 0.264 e. The predicted molar refractivity (Wildman–Crippen MR) is 134 cm³/mol. The van der Waals surface area contributed by atoms with Crippen LogP contribution in [0.2, 0.25) is 0 Å². The number of carbonyl (C=O) groups excluding carboxylic acids is 1. The first-order chi connectivity index (χ1) is 15.9. The van der Waals surface area contributed by atoms with Gasteiger partial charge in [0, 0.05) is 45.5 Å². The summed E-state index contributed by atoms with van der Waals surface area (Å²) in [5.74, 6) is 3.97. The number of pyridine rings is 1. The number of fused-ring (bicyclic) bond motifs is 1. The van der Waals surface area contributed by atoms with Gasteiger partial charge in [-0.25, -0.2) is 15.0 Å². The molecule has 2 fully saturated rings. The normalized spacial score (nSPS) is 21.6. The average Bonchev–Trinajstić information content (AvgIpc) is 3.14. The molecular weight excluding hydrogens is 432 g/mol. The zero-order valence-corrected chi connectivity index (χ0v) is 20.7. The van der Waals surface area contributed by atoms with Crippen LogP contribution in [0.3, 0.4) is 0 Å². The van der Waals surface area contributed by atoms with Crippen LogP contribution in [0, 0.1) is 25.7 Å². The first-order valence-corrected chi connectivity index (χ1v) is 12.7. The van der Waals surface area contributed by atoms with Gasteiger partial charge < -0.3 is 14.7 Å². The van der Waals surface area contributed by atoms with Crippen molar-refractivity contribution in [2.24, 2.45) is 11.8 Å². The van der Waals surface area contributed by atoms with E-state index in [-0.39, 0.29) is 5.91 Å². The Kier molecular flexibility index (Phi) is 5.95. The summed E-state index contributed by atoms with van der Waals surface area (Å²) in [6.07, 6.45) is 3.03. The molecule has 3 aromatic heterocycles. The highest BCUT2D eigenvalue weighted by molar-refractivity contribution is 7.20. The van der Waals surface area contributed by atoms with Crippen molar-refractivity contribution in [1.29, 1.82) is 0 Å². The third-order valence-corrected chi connectivity index (χ3v) is 7.96. The van der Waals surface area contributed by atoms with E-state index in [0.717, 1.165) is 77.4 Å². The molecule has 0 unspecified atom stereocenters. The lowest BCUT2D eigenvalue weighted by atomic mass is 9.92. The van der Waals surface area contributed by atoms with Crippen LogP contribution in [-0.4, -0.2) is 65.0 Å². The molecule has 8 heteroatoms. The van der Waals surface area contributed by atoms with Crippen molar-refractivity contribution in [3.63, 3.8) is 0 Å². The van der Waals surface area contributed by atoms with Crippen molar-refractivity contribution in [3.05, 3.63) is 40.7 Å². The summed E-state index contributed by atoms with van der Waals surface area (Å²) in [6.45, 7) is 13.7. The largest absolute Gasteiger partial charge is 0.353 e. The lowest BCUT2D eigenvalue weighted by Crippen LogP contribution is -2.47. The summed E-state index contributed by atoms with van der Waals surface area (Å²) in [5.41, 5.74) is 1.02. The first-order valence-electron chi connectivity index (χ1n) is 11.9. The zero-order chi connectivity index (χ0) is 23.1. The Bertz CT molecular complexity index is 1140. The van der Waals surface area contributed by atoms with E-state index in [1.807, 2.05) is 30.2 Å². The molecule has 0 N–H and O–H groups in total. The molecule has 33 heavy (non-hydrogen) atoms. The van der Waals surface area contributed by atoms with E-state index >= 15 is 0 Å². The van der Waals surface area contributed by atoms with Crippen LogP contribution in [0.15, 0.2) is 24.4 Å². The molecule has 2 saturated heterocycles. The van der Waals surface area contributed by atoms with Gasteiger partial charge in [-0.2, -0.15) is 0 Å². The Morgan fingerprint density at radius 1 is 1.00 bits per heavy atom. The lowest BCUT2D eigenvalue weighted by Gasteiger charge is -2.36. The van der Waals surface area contributed by atoms with Gasteiger partial charge in [-0.15, -0.1) is 11.3 Å². The Labute approximate surface area is 199 Å². The van der Waals surface area contributed by atoms with Crippen molar-refractivity contribution < 1.29 is 4.79 Å². The molecule has 0 spiro atoms. The van der Waals surface area contributed by atoms with Crippen LogP contribution in [-0.2, 0) is 0 Å². The monoisotopic (exact) mass is 464 g/mol. The number of aryl methyl sites for hydroxylation is 2. The van der Waals surface area contributed by atoms with Gasteiger partial charge in [-0.3, -0.25) is 4.79 Å². The Hall–Kier alpha value is -2.74. The summed E-state index contributed by atoms with van der Waals surface area (Å²) in [6, 6.07) is 6.04.